The molecule has 66 valence electrons. The summed E-state index contributed by atoms with van der Waals surface area (Å²) in [5.41, 5.74) is 1.17. The molecule has 0 saturated heterocycles. The first-order valence-corrected chi connectivity index (χ1v) is 5.58. The maximum Gasteiger partial charge on any atom is 0.0741 e. The van der Waals surface area contributed by atoms with Crippen LogP contribution in [0.5, 0.6) is 0 Å². The Balaban J connectivity index is 0.000000336. The standard InChI is InChI=1S/C8H8OS.C2H6/c9-10-6-5-7-3-1-2-4-8(7)10;1-2/h1,3,5-6H,2,4H2;1-2H3. The Morgan fingerprint density at radius 3 is 2.75 bits per heavy atom. The van der Waals surface area contributed by atoms with Crippen molar-refractivity contribution in [3.8, 4) is 0 Å². The lowest BCUT2D eigenvalue weighted by Gasteiger charge is -2.04. The fourth-order valence-electron chi connectivity index (χ4n) is 1.24. The summed E-state index contributed by atoms with van der Waals surface area (Å²) in [6, 6.07) is 0. The lowest BCUT2D eigenvalue weighted by molar-refractivity contribution is 0.690. The topological polar surface area (TPSA) is 17.1 Å². The molecular formula is C10H14OS. The van der Waals surface area contributed by atoms with Crippen molar-refractivity contribution in [1.29, 1.82) is 0 Å². The molecule has 1 aliphatic carbocycles. The summed E-state index contributed by atoms with van der Waals surface area (Å²) in [6.45, 7) is 4.00. The van der Waals surface area contributed by atoms with Gasteiger partial charge in [0.1, 0.15) is 0 Å². The van der Waals surface area contributed by atoms with E-state index in [9.17, 15) is 4.21 Å². The highest BCUT2D eigenvalue weighted by atomic mass is 32.2. The van der Waals surface area contributed by atoms with Gasteiger partial charge in [-0.15, -0.1) is 0 Å². The van der Waals surface area contributed by atoms with E-state index in [2.05, 4.69) is 12.2 Å². The minimum absolute atomic E-state index is 0.792. The quantitative estimate of drug-likeness (QED) is 0.563. The minimum atomic E-state index is -0.792. The van der Waals surface area contributed by atoms with Crippen molar-refractivity contribution in [3.63, 3.8) is 0 Å². The number of allylic oxidation sites excluding steroid dienone is 5. The summed E-state index contributed by atoms with van der Waals surface area (Å²) in [6.07, 6.45) is 8.16. The van der Waals surface area contributed by atoms with E-state index in [4.69, 9.17) is 0 Å². The molecule has 0 radical (unpaired) electrons. The van der Waals surface area contributed by atoms with Gasteiger partial charge in [-0.2, -0.15) is 0 Å². The van der Waals surface area contributed by atoms with Crippen LogP contribution in [-0.2, 0) is 10.8 Å². The van der Waals surface area contributed by atoms with E-state index in [1.54, 1.807) is 5.41 Å². The zero-order chi connectivity index (χ0) is 8.97. The van der Waals surface area contributed by atoms with Gasteiger partial charge in [0.25, 0.3) is 0 Å². The summed E-state index contributed by atoms with van der Waals surface area (Å²) in [4.78, 5) is 1.11. The van der Waals surface area contributed by atoms with Crippen molar-refractivity contribution in [1.82, 2.24) is 0 Å². The molecule has 0 aromatic heterocycles. The SMILES string of the molecule is CC.O=S1C=CC2=C1CCC=C2. The van der Waals surface area contributed by atoms with Gasteiger partial charge in [0.05, 0.1) is 10.8 Å². The molecule has 2 aliphatic rings. The van der Waals surface area contributed by atoms with Gasteiger partial charge >= 0.3 is 0 Å². The molecule has 0 amide bonds. The molecule has 2 heteroatoms. The highest BCUT2D eigenvalue weighted by molar-refractivity contribution is 7.92. The second-order valence-electron chi connectivity index (χ2n) is 2.42. The molecule has 0 N–H and O–H groups in total. The Kier molecular flexibility index (Phi) is 3.48. The molecule has 0 spiro atoms. The molecular weight excluding hydrogens is 168 g/mol. The van der Waals surface area contributed by atoms with Crippen LogP contribution in [0.2, 0.25) is 0 Å². The van der Waals surface area contributed by atoms with Crippen LogP contribution in [0.25, 0.3) is 0 Å². The first-order valence-electron chi connectivity index (χ1n) is 4.36. The molecule has 1 unspecified atom stereocenters. The molecule has 0 bridgehead atoms. The molecule has 0 fully saturated rings. The van der Waals surface area contributed by atoms with Crippen molar-refractivity contribution in [2.45, 2.75) is 26.7 Å². The predicted octanol–water partition coefficient (Wildman–Crippen LogP) is 2.89. The van der Waals surface area contributed by atoms with E-state index in [0.717, 1.165) is 17.7 Å². The Hall–Kier alpha value is -0.630. The lowest BCUT2D eigenvalue weighted by atomic mass is 10.1. The maximum absolute atomic E-state index is 11.1. The third-order valence-electron chi connectivity index (χ3n) is 1.77. The fraction of sp³-hybridized carbons (Fsp3) is 0.400. The van der Waals surface area contributed by atoms with Gasteiger partial charge in [0, 0.05) is 10.3 Å². The van der Waals surface area contributed by atoms with Gasteiger partial charge < -0.3 is 0 Å². The number of hydrogen-bond acceptors (Lipinski definition) is 1. The maximum atomic E-state index is 11.1. The normalized spacial score (nSPS) is 25.0. The van der Waals surface area contributed by atoms with E-state index < -0.39 is 10.8 Å². The first kappa shape index (κ1) is 9.46. The summed E-state index contributed by atoms with van der Waals surface area (Å²) in [5, 5.41) is 1.76. The summed E-state index contributed by atoms with van der Waals surface area (Å²) in [7, 11) is -0.792. The Bertz CT molecular complexity index is 272. The van der Waals surface area contributed by atoms with Crippen molar-refractivity contribution < 1.29 is 4.21 Å². The molecule has 0 aromatic rings. The van der Waals surface area contributed by atoms with E-state index in [1.807, 2.05) is 19.9 Å². The number of rotatable bonds is 0. The van der Waals surface area contributed by atoms with Gasteiger partial charge in [0.2, 0.25) is 0 Å². The van der Waals surface area contributed by atoms with Crippen molar-refractivity contribution in [2.75, 3.05) is 0 Å². The van der Waals surface area contributed by atoms with Gasteiger partial charge in [-0.25, -0.2) is 4.21 Å². The monoisotopic (exact) mass is 182 g/mol. The largest absolute Gasteiger partial charge is 0.250 e. The number of hydrogen-bond donors (Lipinski definition) is 0. The van der Waals surface area contributed by atoms with Crippen LogP contribution in [0, 0.1) is 0 Å². The van der Waals surface area contributed by atoms with Crippen LogP contribution in [-0.4, -0.2) is 4.21 Å². The molecule has 1 atom stereocenters. The average molecular weight is 182 g/mol. The average Bonchev–Trinajstić information content (AvgIpc) is 2.53. The fourth-order valence-corrected chi connectivity index (χ4v) is 2.37. The van der Waals surface area contributed by atoms with E-state index >= 15 is 0 Å². The molecule has 12 heavy (non-hydrogen) atoms. The third-order valence-corrected chi connectivity index (χ3v) is 3.08. The van der Waals surface area contributed by atoms with E-state index in [1.165, 1.54) is 5.57 Å². The van der Waals surface area contributed by atoms with Gasteiger partial charge in [0.15, 0.2) is 0 Å². The summed E-state index contributed by atoms with van der Waals surface area (Å²) in [5.74, 6) is 0. The Labute approximate surface area is 76.3 Å². The van der Waals surface area contributed by atoms with Crippen LogP contribution in [0.4, 0.5) is 0 Å². The van der Waals surface area contributed by atoms with E-state index in [-0.39, 0.29) is 0 Å². The summed E-state index contributed by atoms with van der Waals surface area (Å²) < 4.78 is 11.1. The van der Waals surface area contributed by atoms with Crippen molar-refractivity contribution >= 4 is 10.8 Å². The van der Waals surface area contributed by atoms with E-state index in [0.29, 0.717) is 0 Å². The Morgan fingerprint density at radius 2 is 2.08 bits per heavy atom. The second-order valence-corrected chi connectivity index (χ2v) is 3.78. The zero-order valence-corrected chi connectivity index (χ0v) is 8.36. The zero-order valence-electron chi connectivity index (χ0n) is 7.54. The lowest BCUT2D eigenvalue weighted by Crippen LogP contribution is -1.92. The molecule has 0 aromatic carbocycles. The van der Waals surface area contributed by atoms with Crippen LogP contribution in [0.3, 0.4) is 0 Å². The molecule has 0 saturated carbocycles. The van der Waals surface area contributed by atoms with Gasteiger partial charge in [-0.1, -0.05) is 26.0 Å². The first-order chi connectivity index (χ1) is 5.88. The molecule has 1 heterocycles. The minimum Gasteiger partial charge on any atom is -0.250 e. The van der Waals surface area contributed by atoms with Crippen molar-refractivity contribution in [3.05, 3.63) is 34.1 Å². The third kappa shape index (κ3) is 1.75. The van der Waals surface area contributed by atoms with Crippen LogP contribution in [0.1, 0.15) is 26.7 Å². The second kappa shape index (κ2) is 4.41. The highest BCUT2D eigenvalue weighted by Gasteiger charge is 2.15. The Morgan fingerprint density at radius 1 is 1.33 bits per heavy atom. The van der Waals surface area contributed by atoms with Crippen molar-refractivity contribution in [2.24, 2.45) is 0 Å². The predicted molar refractivity (Wildman–Crippen MR) is 54.0 cm³/mol. The van der Waals surface area contributed by atoms with Gasteiger partial charge in [-0.3, -0.25) is 0 Å². The smallest absolute Gasteiger partial charge is 0.0741 e. The summed E-state index contributed by atoms with van der Waals surface area (Å²) >= 11 is 0. The molecule has 1 nitrogen and oxygen atoms in total. The van der Waals surface area contributed by atoms with Gasteiger partial charge in [-0.05, 0) is 24.5 Å². The highest BCUT2D eigenvalue weighted by Crippen LogP contribution is 2.28. The van der Waals surface area contributed by atoms with Crippen LogP contribution in [0.15, 0.2) is 34.1 Å². The van der Waals surface area contributed by atoms with Crippen LogP contribution >= 0.6 is 0 Å². The van der Waals surface area contributed by atoms with Crippen LogP contribution < -0.4 is 0 Å². The molecule has 2 rings (SSSR count). The molecule has 1 aliphatic heterocycles.